The van der Waals surface area contributed by atoms with E-state index in [9.17, 15) is 5.11 Å². The van der Waals surface area contributed by atoms with Crippen LogP contribution in [-0.2, 0) is 0 Å². The molecule has 0 saturated carbocycles. The van der Waals surface area contributed by atoms with Crippen molar-refractivity contribution in [3.05, 3.63) is 63.9 Å². The lowest BCUT2D eigenvalue weighted by Gasteiger charge is -2.13. The summed E-state index contributed by atoms with van der Waals surface area (Å²) in [5, 5.41) is 18.3. The van der Waals surface area contributed by atoms with Crippen molar-refractivity contribution in [2.45, 2.75) is 13.8 Å². The van der Waals surface area contributed by atoms with Crippen molar-refractivity contribution in [1.82, 2.24) is 19.7 Å². The van der Waals surface area contributed by atoms with Gasteiger partial charge in [0.25, 0.3) is 0 Å². The quantitative estimate of drug-likeness (QED) is 0.495. The number of nitrogens with one attached hydrogen (secondary N) is 1. The van der Waals surface area contributed by atoms with Gasteiger partial charge in [0, 0.05) is 17.4 Å². The molecule has 0 atom stereocenters. The van der Waals surface area contributed by atoms with Gasteiger partial charge in [-0.3, -0.25) is 0 Å². The van der Waals surface area contributed by atoms with Gasteiger partial charge in [-0.25, -0.2) is 14.6 Å². The van der Waals surface area contributed by atoms with E-state index in [1.807, 2.05) is 26.0 Å². The minimum Gasteiger partial charge on any atom is -0.508 e. The zero-order chi connectivity index (χ0) is 19.1. The lowest BCUT2D eigenvalue weighted by molar-refractivity contribution is 0.475. The zero-order valence-electron chi connectivity index (χ0n) is 14.5. The van der Waals surface area contributed by atoms with Crippen LogP contribution in [0.1, 0.15) is 11.4 Å². The number of phenols is 1. The Morgan fingerprint density at radius 1 is 0.963 bits per heavy atom. The average molecular weight is 400 g/mol. The first kappa shape index (κ1) is 17.6. The van der Waals surface area contributed by atoms with Gasteiger partial charge in [-0.05, 0) is 44.2 Å². The number of aromatic hydroxyl groups is 1. The molecule has 0 unspecified atom stereocenters. The number of anilines is 2. The molecule has 2 aromatic heterocycles. The Kier molecular flexibility index (Phi) is 4.37. The number of hydrogen-bond acceptors (Lipinski definition) is 5. The molecular weight excluding hydrogens is 385 g/mol. The summed E-state index contributed by atoms with van der Waals surface area (Å²) in [7, 11) is 0. The maximum atomic E-state index is 9.74. The van der Waals surface area contributed by atoms with Crippen LogP contribution in [0.2, 0.25) is 10.0 Å². The highest BCUT2D eigenvalue weighted by Crippen LogP contribution is 2.30. The van der Waals surface area contributed by atoms with Crippen molar-refractivity contribution in [1.29, 1.82) is 0 Å². The molecule has 4 rings (SSSR count). The summed E-state index contributed by atoms with van der Waals surface area (Å²) >= 11 is 12.3. The molecule has 0 aliphatic rings. The first-order valence-corrected chi connectivity index (χ1v) is 8.93. The van der Waals surface area contributed by atoms with E-state index >= 15 is 0 Å². The molecule has 2 heterocycles. The molecule has 136 valence electrons. The molecule has 0 aliphatic carbocycles. The van der Waals surface area contributed by atoms with Crippen LogP contribution >= 0.6 is 23.2 Å². The van der Waals surface area contributed by atoms with Crippen molar-refractivity contribution >= 4 is 45.7 Å². The number of benzene rings is 2. The summed E-state index contributed by atoms with van der Waals surface area (Å²) in [6.45, 7) is 3.86. The fraction of sp³-hybridized carbons (Fsp3) is 0.105. The molecule has 4 aromatic rings. The van der Waals surface area contributed by atoms with Crippen LogP contribution in [0, 0.1) is 13.8 Å². The van der Waals surface area contributed by atoms with Crippen LogP contribution in [0.3, 0.4) is 0 Å². The van der Waals surface area contributed by atoms with Gasteiger partial charge < -0.3 is 10.4 Å². The fourth-order valence-electron chi connectivity index (χ4n) is 2.84. The normalized spacial score (nSPS) is 11.1. The molecular formula is C19H15Cl2N5O. The highest BCUT2D eigenvalue weighted by atomic mass is 35.5. The van der Waals surface area contributed by atoms with Crippen molar-refractivity contribution in [2.24, 2.45) is 0 Å². The van der Waals surface area contributed by atoms with E-state index in [4.69, 9.17) is 28.2 Å². The second-order valence-electron chi connectivity index (χ2n) is 6.17. The van der Waals surface area contributed by atoms with Crippen LogP contribution in [0.5, 0.6) is 5.75 Å². The van der Waals surface area contributed by atoms with Crippen LogP contribution < -0.4 is 5.32 Å². The number of fused-ring (bicyclic) bond motifs is 1. The van der Waals surface area contributed by atoms with Crippen molar-refractivity contribution in [3.8, 4) is 11.6 Å². The summed E-state index contributed by atoms with van der Waals surface area (Å²) in [5.74, 6) is 1.16. The number of aromatic nitrogens is 4. The topological polar surface area (TPSA) is 75.9 Å². The van der Waals surface area contributed by atoms with E-state index in [-0.39, 0.29) is 5.75 Å². The number of aryl methyl sites for hydroxylation is 2. The number of rotatable bonds is 3. The summed E-state index contributed by atoms with van der Waals surface area (Å²) < 4.78 is 1.72. The molecule has 0 spiro atoms. The Labute approximate surface area is 165 Å². The number of halogens is 2. The monoisotopic (exact) mass is 399 g/mol. The van der Waals surface area contributed by atoms with E-state index < -0.39 is 0 Å². The van der Waals surface area contributed by atoms with Gasteiger partial charge >= 0.3 is 0 Å². The van der Waals surface area contributed by atoms with Gasteiger partial charge in [-0.15, -0.1) is 0 Å². The maximum absolute atomic E-state index is 9.74. The summed E-state index contributed by atoms with van der Waals surface area (Å²) in [6.07, 6.45) is 0. The summed E-state index contributed by atoms with van der Waals surface area (Å²) in [5.41, 5.74) is 3.66. The largest absolute Gasteiger partial charge is 0.508 e. The third-order valence-corrected chi connectivity index (χ3v) is 4.73. The molecule has 0 radical (unpaired) electrons. The van der Waals surface area contributed by atoms with E-state index in [0.717, 1.165) is 11.4 Å². The minimum absolute atomic E-state index is 0.149. The van der Waals surface area contributed by atoms with Gasteiger partial charge in [0.15, 0.2) is 11.6 Å². The third kappa shape index (κ3) is 3.41. The maximum Gasteiger partial charge on any atom is 0.197 e. The van der Waals surface area contributed by atoms with Gasteiger partial charge in [-0.1, -0.05) is 29.3 Å². The van der Waals surface area contributed by atoms with E-state index in [1.54, 1.807) is 35.0 Å². The molecule has 0 amide bonds. The van der Waals surface area contributed by atoms with E-state index in [1.165, 1.54) is 0 Å². The lowest BCUT2D eigenvalue weighted by atomic mass is 10.3. The molecule has 2 N–H and O–H groups in total. The van der Waals surface area contributed by atoms with Crippen LogP contribution in [0.25, 0.3) is 16.9 Å². The second kappa shape index (κ2) is 6.72. The summed E-state index contributed by atoms with van der Waals surface area (Å²) in [6, 6.07) is 12.1. The van der Waals surface area contributed by atoms with Crippen molar-refractivity contribution in [3.63, 3.8) is 0 Å². The predicted octanol–water partition coefficient (Wildman–Crippen LogP) is 5.19. The SMILES string of the molecule is Cc1cc(C)n(-c2nc3cc(Cl)c(Cl)cc3nc2Nc2cccc(O)c2)n1. The smallest absolute Gasteiger partial charge is 0.197 e. The van der Waals surface area contributed by atoms with Gasteiger partial charge in [0.2, 0.25) is 0 Å². The van der Waals surface area contributed by atoms with Crippen molar-refractivity contribution < 1.29 is 5.11 Å². The predicted molar refractivity (Wildman–Crippen MR) is 108 cm³/mol. The fourth-order valence-corrected chi connectivity index (χ4v) is 3.15. The Hall–Kier alpha value is -2.83. The number of phenolic OH excluding ortho intramolecular Hbond substituents is 1. The Balaban J connectivity index is 1.94. The highest BCUT2D eigenvalue weighted by molar-refractivity contribution is 6.42. The zero-order valence-corrected chi connectivity index (χ0v) is 16.0. The van der Waals surface area contributed by atoms with Gasteiger partial charge in [-0.2, -0.15) is 5.10 Å². The molecule has 8 heteroatoms. The second-order valence-corrected chi connectivity index (χ2v) is 6.98. The Morgan fingerprint density at radius 2 is 1.67 bits per heavy atom. The van der Waals surface area contributed by atoms with Crippen LogP contribution in [-0.4, -0.2) is 24.9 Å². The van der Waals surface area contributed by atoms with Crippen LogP contribution in [0.15, 0.2) is 42.5 Å². The first-order chi connectivity index (χ1) is 12.9. The standard InChI is InChI=1S/C19H15Cl2N5O/c1-10-6-11(2)26(25-10)19-18(22-12-4-3-5-13(27)7-12)23-16-8-14(20)15(21)9-17(16)24-19/h3-9,27H,1-2H3,(H,22,23). The Bertz CT molecular complexity index is 1170. The number of hydrogen-bond donors (Lipinski definition) is 2. The third-order valence-electron chi connectivity index (χ3n) is 4.01. The first-order valence-electron chi connectivity index (χ1n) is 8.17. The summed E-state index contributed by atoms with van der Waals surface area (Å²) in [4.78, 5) is 9.38. The molecule has 0 bridgehead atoms. The Morgan fingerprint density at radius 3 is 2.30 bits per heavy atom. The lowest BCUT2D eigenvalue weighted by Crippen LogP contribution is -2.08. The van der Waals surface area contributed by atoms with Gasteiger partial charge in [0.05, 0.1) is 26.8 Å². The van der Waals surface area contributed by atoms with E-state index in [0.29, 0.717) is 38.4 Å². The van der Waals surface area contributed by atoms with E-state index in [2.05, 4.69) is 15.4 Å². The molecule has 2 aromatic carbocycles. The molecule has 6 nitrogen and oxygen atoms in total. The van der Waals surface area contributed by atoms with Crippen molar-refractivity contribution in [2.75, 3.05) is 5.32 Å². The average Bonchev–Trinajstić information content (AvgIpc) is 2.94. The number of nitrogens with zero attached hydrogens (tertiary/aromatic N) is 4. The van der Waals surface area contributed by atoms with Gasteiger partial charge in [0.1, 0.15) is 5.75 Å². The molecule has 0 saturated heterocycles. The van der Waals surface area contributed by atoms with Crippen LogP contribution in [0.4, 0.5) is 11.5 Å². The minimum atomic E-state index is 0.149. The molecule has 0 aliphatic heterocycles. The molecule has 0 fully saturated rings. The highest BCUT2D eigenvalue weighted by Gasteiger charge is 2.16. The molecule has 27 heavy (non-hydrogen) atoms.